The van der Waals surface area contributed by atoms with Crippen LogP contribution in [0.15, 0.2) is 37.0 Å². The highest BCUT2D eigenvalue weighted by molar-refractivity contribution is 4.97. The van der Waals surface area contributed by atoms with Gasteiger partial charge in [0.25, 0.3) is 0 Å². The molecule has 0 aliphatic carbocycles. The number of rotatable bonds is 5. The van der Waals surface area contributed by atoms with Crippen LogP contribution in [0.25, 0.3) is 0 Å². The molecule has 0 radical (unpaired) electrons. The first-order valence-corrected chi connectivity index (χ1v) is 5.00. The summed E-state index contributed by atoms with van der Waals surface area (Å²) in [7, 11) is 0. The lowest BCUT2D eigenvalue weighted by Crippen LogP contribution is -1.97. The van der Waals surface area contributed by atoms with Gasteiger partial charge in [-0.05, 0) is 24.7 Å². The first-order chi connectivity index (χ1) is 6.06. The molecule has 0 amide bonds. The second kappa shape index (κ2) is 6.71. The largest absolute Gasteiger partial charge is 0.103 e. The van der Waals surface area contributed by atoms with Gasteiger partial charge in [-0.1, -0.05) is 51.2 Å². The topological polar surface area (TPSA) is 0 Å². The molecule has 0 N–H and O–H groups in total. The minimum Gasteiger partial charge on any atom is -0.103 e. The molecule has 0 unspecified atom stereocenters. The Hall–Kier alpha value is -0.780. The zero-order valence-electron chi connectivity index (χ0n) is 9.22. The summed E-state index contributed by atoms with van der Waals surface area (Å²) in [6, 6.07) is 0. The molecule has 74 valence electrons. The third-order valence-corrected chi connectivity index (χ3v) is 1.59. The number of hydrogen-bond donors (Lipinski definition) is 0. The molecular formula is C13H22. The number of hydrogen-bond acceptors (Lipinski definition) is 0. The molecule has 0 aliphatic heterocycles. The molecule has 0 heteroatoms. The first kappa shape index (κ1) is 12.2. The second-order valence-electron chi connectivity index (χ2n) is 4.34. The van der Waals surface area contributed by atoms with E-state index < -0.39 is 0 Å². The van der Waals surface area contributed by atoms with Crippen LogP contribution >= 0.6 is 0 Å². The average Bonchev–Trinajstić information content (AvgIpc) is 2.01. The zero-order chi connectivity index (χ0) is 10.2. The van der Waals surface area contributed by atoms with E-state index in [0.29, 0.717) is 5.41 Å². The van der Waals surface area contributed by atoms with Gasteiger partial charge in [0.1, 0.15) is 0 Å². The summed E-state index contributed by atoms with van der Waals surface area (Å²) in [5, 5.41) is 0. The standard InChI is InChI=1S/C13H22/c1-5-6-7-8-9-10-11-12-13(2,3)4/h5,8-9,11-12H,1,6-7,10H2,2-4H3. The molecule has 0 aromatic heterocycles. The Labute approximate surface area is 83.0 Å². The van der Waals surface area contributed by atoms with Gasteiger partial charge in [-0.15, -0.1) is 6.58 Å². The smallest absolute Gasteiger partial charge is 0.0169 e. The van der Waals surface area contributed by atoms with E-state index in [9.17, 15) is 0 Å². The summed E-state index contributed by atoms with van der Waals surface area (Å²) in [6.45, 7) is 10.3. The van der Waals surface area contributed by atoms with Gasteiger partial charge < -0.3 is 0 Å². The van der Waals surface area contributed by atoms with Crippen LogP contribution in [0.4, 0.5) is 0 Å². The highest BCUT2D eigenvalue weighted by Gasteiger charge is 2.01. The van der Waals surface area contributed by atoms with Crippen molar-refractivity contribution in [3.05, 3.63) is 37.0 Å². The van der Waals surface area contributed by atoms with Gasteiger partial charge in [0, 0.05) is 0 Å². The number of unbranched alkanes of at least 4 members (excludes halogenated alkanes) is 1. The Balaban J connectivity index is 3.49. The summed E-state index contributed by atoms with van der Waals surface area (Å²) in [4.78, 5) is 0. The van der Waals surface area contributed by atoms with Gasteiger partial charge in [0.05, 0.1) is 0 Å². The molecule has 0 aromatic rings. The maximum Gasteiger partial charge on any atom is -0.0169 e. The Bertz CT molecular complexity index is 177. The molecule has 0 bridgehead atoms. The summed E-state index contributed by atoms with van der Waals surface area (Å²) < 4.78 is 0. The van der Waals surface area contributed by atoms with Crippen molar-refractivity contribution in [3.63, 3.8) is 0 Å². The lowest BCUT2D eigenvalue weighted by atomic mass is 9.96. The summed E-state index contributed by atoms with van der Waals surface area (Å²) in [5.74, 6) is 0. The van der Waals surface area contributed by atoms with Crippen LogP contribution in [0.3, 0.4) is 0 Å². The minimum atomic E-state index is 0.314. The molecule has 0 atom stereocenters. The summed E-state index contributed by atoms with van der Waals surface area (Å²) in [6.07, 6.45) is 14.1. The molecule has 0 aromatic carbocycles. The van der Waals surface area contributed by atoms with Crippen LogP contribution in [-0.2, 0) is 0 Å². The van der Waals surface area contributed by atoms with Crippen molar-refractivity contribution in [2.75, 3.05) is 0 Å². The molecule has 0 rings (SSSR count). The molecule has 0 aliphatic rings. The summed E-state index contributed by atoms with van der Waals surface area (Å²) >= 11 is 0. The van der Waals surface area contributed by atoms with Crippen molar-refractivity contribution in [2.24, 2.45) is 5.41 Å². The molecule has 0 spiro atoms. The molecule has 0 saturated heterocycles. The zero-order valence-corrected chi connectivity index (χ0v) is 9.22. The second-order valence-corrected chi connectivity index (χ2v) is 4.34. The van der Waals surface area contributed by atoms with Gasteiger partial charge in [-0.3, -0.25) is 0 Å². The predicted octanol–water partition coefficient (Wildman–Crippen LogP) is 4.50. The fourth-order valence-electron chi connectivity index (χ4n) is 0.928. The van der Waals surface area contributed by atoms with Crippen molar-refractivity contribution >= 4 is 0 Å². The maximum absolute atomic E-state index is 3.68. The summed E-state index contributed by atoms with van der Waals surface area (Å²) in [5.41, 5.74) is 0.314. The van der Waals surface area contributed by atoms with E-state index in [1.165, 1.54) is 0 Å². The van der Waals surface area contributed by atoms with Crippen LogP contribution in [0, 0.1) is 5.41 Å². The van der Waals surface area contributed by atoms with Crippen LogP contribution in [0.2, 0.25) is 0 Å². The van der Waals surface area contributed by atoms with Gasteiger partial charge in [-0.25, -0.2) is 0 Å². The van der Waals surface area contributed by atoms with Crippen molar-refractivity contribution in [2.45, 2.75) is 40.0 Å². The van der Waals surface area contributed by atoms with E-state index >= 15 is 0 Å². The lowest BCUT2D eigenvalue weighted by molar-refractivity contribution is 0.543. The van der Waals surface area contributed by atoms with E-state index in [1.54, 1.807) is 0 Å². The third kappa shape index (κ3) is 11.2. The maximum atomic E-state index is 3.68. The minimum absolute atomic E-state index is 0.314. The molecule has 0 heterocycles. The van der Waals surface area contributed by atoms with Crippen LogP contribution in [0.5, 0.6) is 0 Å². The molecule has 0 nitrogen and oxygen atoms in total. The fourth-order valence-corrected chi connectivity index (χ4v) is 0.928. The highest BCUT2D eigenvalue weighted by atomic mass is 14.1. The quantitative estimate of drug-likeness (QED) is 0.429. The van der Waals surface area contributed by atoms with E-state index in [0.717, 1.165) is 19.3 Å². The molecule has 0 saturated carbocycles. The normalized spacial score (nSPS) is 12.8. The predicted molar refractivity (Wildman–Crippen MR) is 61.8 cm³/mol. The Kier molecular flexibility index (Phi) is 6.30. The van der Waals surface area contributed by atoms with Crippen molar-refractivity contribution in [1.82, 2.24) is 0 Å². The molecule has 13 heavy (non-hydrogen) atoms. The van der Waals surface area contributed by atoms with Crippen LogP contribution in [-0.4, -0.2) is 0 Å². The monoisotopic (exact) mass is 178 g/mol. The fraction of sp³-hybridized carbons (Fsp3) is 0.538. The molecule has 0 fully saturated rings. The SMILES string of the molecule is C=CCCC=CCC=CC(C)(C)C. The van der Waals surface area contributed by atoms with Crippen molar-refractivity contribution in [3.8, 4) is 0 Å². The Morgan fingerprint density at radius 3 is 2.23 bits per heavy atom. The van der Waals surface area contributed by atoms with Crippen molar-refractivity contribution < 1.29 is 0 Å². The van der Waals surface area contributed by atoms with Gasteiger partial charge in [0.2, 0.25) is 0 Å². The van der Waals surface area contributed by atoms with E-state index in [-0.39, 0.29) is 0 Å². The Morgan fingerprint density at radius 1 is 1.00 bits per heavy atom. The van der Waals surface area contributed by atoms with Crippen molar-refractivity contribution in [1.29, 1.82) is 0 Å². The Morgan fingerprint density at radius 2 is 1.69 bits per heavy atom. The van der Waals surface area contributed by atoms with Crippen LogP contribution < -0.4 is 0 Å². The number of allylic oxidation sites excluding steroid dienone is 5. The van der Waals surface area contributed by atoms with Crippen LogP contribution in [0.1, 0.15) is 40.0 Å². The van der Waals surface area contributed by atoms with Gasteiger partial charge in [0.15, 0.2) is 0 Å². The van der Waals surface area contributed by atoms with E-state index in [2.05, 4.69) is 51.7 Å². The van der Waals surface area contributed by atoms with Gasteiger partial charge >= 0.3 is 0 Å². The van der Waals surface area contributed by atoms with Gasteiger partial charge in [-0.2, -0.15) is 0 Å². The third-order valence-electron chi connectivity index (χ3n) is 1.59. The van der Waals surface area contributed by atoms with E-state index in [4.69, 9.17) is 0 Å². The van der Waals surface area contributed by atoms with E-state index in [1.807, 2.05) is 6.08 Å². The lowest BCUT2D eigenvalue weighted by Gasteiger charge is -2.10. The first-order valence-electron chi connectivity index (χ1n) is 5.00. The highest BCUT2D eigenvalue weighted by Crippen LogP contribution is 2.14. The average molecular weight is 178 g/mol. The molecular weight excluding hydrogens is 156 g/mol.